The number of unbranched alkanes of at least 4 members (excludes halogenated alkanes) is 5. The van der Waals surface area contributed by atoms with Gasteiger partial charge >= 0.3 is 127 Å². The van der Waals surface area contributed by atoms with E-state index in [2.05, 4.69) is 27.7 Å². The van der Waals surface area contributed by atoms with Gasteiger partial charge in [-0.05, 0) is 0 Å². The Bertz CT molecular complexity index is 174. The minimum atomic E-state index is -2.22. The predicted molar refractivity (Wildman–Crippen MR) is 90.4 cm³/mol. The van der Waals surface area contributed by atoms with Gasteiger partial charge in [0.25, 0.3) is 0 Å². The zero-order valence-electron chi connectivity index (χ0n) is 14.1. The van der Waals surface area contributed by atoms with E-state index < -0.39 is 18.8 Å². The Hall–Kier alpha value is 0.759. The van der Waals surface area contributed by atoms with Crippen molar-refractivity contribution >= 4 is 18.8 Å². The summed E-state index contributed by atoms with van der Waals surface area (Å²) in [5, 5.41) is 0. The van der Waals surface area contributed by atoms with Gasteiger partial charge in [0.1, 0.15) is 0 Å². The van der Waals surface area contributed by atoms with E-state index in [0.29, 0.717) is 0 Å². The van der Waals surface area contributed by atoms with Crippen LogP contribution in [0.15, 0.2) is 0 Å². The molecule has 0 saturated heterocycles. The Labute approximate surface area is 127 Å². The van der Waals surface area contributed by atoms with Gasteiger partial charge in [-0.1, -0.05) is 0 Å². The first kappa shape index (κ1) is 19.8. The quantitative estimate of drug-likeness (QED) is 0.247. The van der Waals surface area contributed by atoms with Crippen molar-refractivity contribution in [3.63, 3.8) is 0 Å². The van der Waals surface area contributed by atoms with E-state index in [9.17, 15) is 0 Å². The van der Waals surface area contributed by atoms with E-state index in [1.165, 1.54) is 71.1 Å². The molecule has 0 aliphatic heterocycles. The third-order valence-electron chi connectivity index (χ3n) is 4.08. The second-order valence-electron chi connectivity index (χ2n) is 6.05. The Morgan fingerprint density at radius 3 is 1.63 bits per heavy atom. The molecule has 0 fully saturated rings. The zero-order valence-corrected chi connectivity index (χ0v) is 17.0. The van der Waals surface area contributed by atoms with Gasteiger partial charge in [-0.3, -0.25) is 0 Å². The van der Waals surface area contributed by atoms with Crippen LogP contribution in [0.3, 0.4) is 0 Å². The third-order valence-corrected chi connectivity index (χ3v) is 17.7. The van der Waals surface area contributed by atoms with Crippen molar-refractivity contribution in [3.8, 4) is 0 Å². The molecule has 0 aliphatic rings. The molecule has 0 aromatic heterocycles. The first-order chi connectivity index (χ1) is 9.24. The molecule has 0 saturated carbocycles. The molecule has 19 heavy (non-hydrogen) atoms. The average molecular weight is 377 g/mol. The monoisotopic (exact) mass is 378 g/mol. The van der Waals surface area contributed by atoms with Crippen molar-refractivity contribution in [1.82, 2.24) is 0 Å². The Balaban J connectivity index is 4.23. The molecule has 0 radical (unpaired) electrons. The first-order valence-corrected chi connectivity index (χ1v) is 16.1. The third kappa shape index (κ3) is 10.2. The molecule has 0 bridgehead atoms. The second kappa shape index (κ2) is 13.7. The van der Waals surface area contributed by atoms with Crippen LogP contribution in [-0.4, -0.2) is 25.4 Å². The standard InChI is InChI=1S/C6H13O.2C4H9.C3H7.Sn/c1-2-3-4-5-6-7;2*1-3-4-2;1-3-2;/h2-6H2,1H3;2*1,3-4H2,2H3;1,3H2,2H3;/q-1;;;;+1. The molecule has 1 nitrogen and oxygen atoms in total. The van der Waals surface area contributed by atoms with Gasteiger partial charge in [0.2, 0.25) is 0 Å². The molecule has 0 spiro atoms. The molecule has 0 heterocycles. The van der Waals surface area contributed by atoms with Crippen LogP contribution in [-0.2, 0) is 3.07 Å². The topological polar surface area (TPSA) is 9.23 Å². The van der Waals surface area contributed by atoms with Gasteiger partial charge in [0.05, 0.1) is 0 Å². The molecule has 0 aromatic rings. The van der Waals surface area contributed by atoms with Gasteiger partial charge in [0, 0.05) is 0 Å². The summed E-state index contributed by atoms with van der Waals surface area (Å²) >= 11 is -2.22. The van der Waals surface area contributed by atoms with E-state index in [4.69, 9.17) is 3.07 Å². The summed E-state index contributed by atoms with van der Waals surface area (Å²) in [6.45, 7) is 10.4. The summed E-state index contributed by atoms with van der Waals surface area (Å²) in [7, 11) is 0. The van der Waals surface area contributed by atoms with E-state index in [1.807, 2.05) is 0 Å². The van der Waals surface area contributed by atoms with Crippen molar-refractivity contribution in [2.45, 2.75) is 98.8 Å². The van der Waals surface area contributed by atoms with Crippen molar-refractivity contribution < 1.29 is 3.07 Å². The summed E-state index contributed by atoms with van der Waals surface area (Å²) in [5.41, 5.74) is 0. The van der Waals surface area contributed by atoms with Crippen LogP contribution < -0.4 is 0 Å². The second-order valence-corrected chi connectivity index (χ2v) is 17.9. The van der Waals surface area contributed by atoms with E-state index in [1.54, 1.807) is 0 Å². The predicted octanol–water partition coefficient (Wildman–Crippen LogP) is 6.54. The Kier molecular flexibility index (Phi) is 14.3. The van der Waals surface area contributed by atoms with Crippen LogP contribution in [0.1, 0.15) is 85.5 Å². The molecule has 0 aliphatic carbocycles. The number of hydrogen-bond donors (Lipinski definition) is 0. The SMILES string of the molecule is CCCCCC[O][Sn]([CH2]CC)([CH2]CCC)[CH2]CCC. The van der Waals surface area contributed by atoms with Gasteiger partial charge in [0.15, 0.2) is 0 Å². The molecule has 2 heteroatoms. The molecule has 0 atom stereocenters. The fourth-order valence-electron chi connectivity index (χ4n) is 2.86. The maximum absolute atomic E-state index is 6.63. The molecule has 0 rings (SSSR count). The van der Waals surface area contributed by atoms with Gasteiger partial charge < -0.3 is 0 Å². The van der Waals surface area contributed by atoms with Crippen LogP contribution in [0.4, 0.5) is 0 Å². The summed E-state index contributed by atoms with van der Waals surface area (Å²) in [4.78, 5) is 0. The molecular formula is C17H38OSn. The van der Waals surface area contributed by atoms with Gasteiger partial charge in [-0.2, -0.15) is 0 Å². The molecule has 116 valence electrons. The Morgan fingerprint density at radius 1 is 0.579 bits per heavy atom. The summed E-state index contributed by atoms with van der Waals surface area (Å²) < 4.78 is 11.0. The Morgan fingerprint density at radius 2 is 1.16 bits per heavy atom. The van der Waals surface area contributed by atoms with Crippen molar-refractivity contribution in [2.75, 3.05) is 6.61 Å². The van der Waals surface area contributed by atoms with Crippen molar-refractivity contribution in [1.29, 1.82) is 0 Å². The summed E-state index contributed by atoms with van der Waals surface area (Å²) in [6.07, 6.45) is 12.2. The van der Waals surface area contributed by atoms with Crippen LogP contribution in [0.5, 0.6) is 0 Å². The molecule has 0 N–H and O–H groups in total. The van der Waals surface area contributed by atoms with Gasteiger partial charge in [-0.25, -0.2) is 0 Å². The fraction of sp³-hybridized carbons (Fsp3) is 1.00. The van der Waals surface area contributed by atoms with Crippen LogP contribution >= 0.6 is 0 Å². The number of rotatable bonds is 14. The minimum absolute atomic E-state index is 1.07. The molecule has 0 unspecified atom stereocenters. The van der Waals surface area contributed by atoms with Gasteiger partial charge in [-0.15, -0.1) is 0 Å². The summed E-state index contributed by atoms with van der Waals surface area (Å²) in [5.74, 6) is 0. The zero-order chi connectivity index (χ0) is 14.4. The molecule has 0 aromatic carbocycles. The van der Waals surface area contributed by atoms with Crippen LogP contribution in [0, 0.1) is 0 Å². The van der Waals surface area contributed by atoms with E-state index in [-0.39, 0.29) is 0 Å². The van der Waals surface area contributed by atoms with Crippen LogP contribution in [0.25, 0.3) is 0 Å². The number of hydrogen-bond acceptors (Lipinski definition) is 1. The normalized spacial score (nSPS) is 12.0. The van der Waals surface area contributed by atoms with Crippen molar-refractivity contribution in [2.24, 2.45) is 0 Å². The average Bonchev–Trinajstić information content (AvgIpc) is 2.43. The summed E-state index contributed by atoms with van der Waals surface area (Å²) in [6, 6.07) is 0. The van der Waals surface area contributed by atoms with Crippen molar-refractivity contribution in [3.05, 3.63) is 0 Å². The molecular weight excluding hydrogens is 339 g/mol. The van der Waals surface area contributed by atoms with E-state index >= 15 is 0 Å². The van der Waals surface area contributed by atoms with Crippen LogP contribution in [0.2, 0.25) is 13.3 Å². The first-order valence-electron chi connectivity index (χ1n) is 8.88. The fourth-order valence-corrected chi connectivity index (χ4v) is 16.2. The maximum atomic E-state index is 6.63. The van der Waals surface area contributed by atoms with E-state index in [0.717, 1.165) is 6.61 Å². The molecule has 0 amide bonds.